The van der Waals surface area contributed by atoms with Crippen molar-refractivity contribution in [3.05, 3.63) is 33.9 Å². The summed E-state index contributed by atoms with van der Waals surface area (Å²) in [6, 6.07) is 1.04. The maximum atomic E-state index is 13.2. The number of nitro groups is 1. The van der Waals surface area contributed by atoms with E-state index in [0.29, 0.717) is 12.1 Å². The van der Waals surface area contributed by atoms with Gasteiger partial charge in [0, 0.05) is 6.07 Å². The molecule has 16 heavy (non-hydrogen) atoms. The van der Waals surface area contributed by atoms with Gasteiger partial charge in [-0.15, -0.1) is 11.6 Å². The highest BCUT2D eigenvalue weighted by atomic mass is 35.5. The van der Waals surface area contributed by atoms with Crippen LogP contribution in [0.15, 0.2) is 17.1 Å². The van der Waals surface area contributed by atoms with Gasteiger partial charge in [-0.1, -0.05) is 0 Å². The van der Waals surface area contributed by atoms with Crippen LogP contribution >= 0.6 is 11.6 Å². The van der Waals surface area contributed by atoms with Gasteiger partial charge in [0.2, 0.25) is 0 Å². The fourth-order valence-corrected chi connectivity index (χ4v) is 1.04. The molecule has 5 nitrogen and oxygen atoms in total. The third-order valence-corrected chi connectivity index (χ3v) is 1.87. The molecule has 0 atom stereocenters. The van der Waals surface area contributed by atoms with E-state index in [1.165, 1.54) is 0 Å². The van der Waals surface area contributed by atoms with Crippen LogP contribution in [0, 0.1) is 21.7 Å². The summed E-state index contributed by atoms with van der Waals surface area (Å²) in [6.45, 7) is 0. The molecule has 0 aliphatic rings. The summed E-state index contributed by atoms with van der Waals surface area (Å²) in [5.74, 6) is -2.64. The van der Waals surface area contributed by atoms with Crippen molar-refractivity contribution in [1.29, 1.82) is 0 Å². The molecule has 0 amide bonds. The monoisotopic (exact) mass is 249 g/mol. The molecular weight excluding hydrogens is 244 g/mol. The van der Waals surface area contributed by atoms with E-state index < -0.39 is 27.9 Å². The zero-order valence-corrected chi connectivity index (χ0v) is 8.54. The number of aliphatic imine (C=N–C) groups is 1. The van der Waals surface area contributed by atoms with Gasteiger partial charge in [0.25, 0.3) is 0 Å². The van der Waals surface area contributed by atoms with E-state index in [0.717, 1.165) is 0 Å². The summed E-state index contributed by atoms with van der Waals surface area (Å²) in [6.07, 6.45) is 0. The van der Waals surface area contributed by atoms with Crippen LogP contribution in [-0.4, -0.2) is 16.6 Å². The summed E-state index contributed by atoms with van der Waals surface area (Å²) in [5, 5.41) is 10.5. The molecule has 0 aliphatic heterocycles. The smallest absolute Gasteiger partial charge is 0.300 e. The number of halogens is 3. The van der Waals surface area contributed by atoms with Crippen molar-refractivity contribution in [2.45, 2.75) is 0 Å². The fourth-order valence-electron chi connectivity index (χ4n) is 0.976. The van der Waals surface area contributed by atoms with Crippen LogP contribution in [0.1, 0.15) is 0 Å². The summed E-state index contributed by atoms with van der Waals surface area (Å²) in [7, 11) is 0. The molecule has 0 bridgehead atoms. The minimum absolute atomic E-state index is 0.199. The van der Waals surface area contributed by atoms with Gasteiger partial charge in [0.15, 0.2) is 11.5 Å². The second-order valence-electron chi connectivity index (χ2n) is 2.75. The van der Waals surface area contributed by atoms with Gasteiger partial charge in [-0.2, -0.15) is 0 Å². The molecule has 2 N–H and O–H groups in total. The Labute approximate surface area is 93.7 Å². The highest BCUT2D eigenvalue weighted by molar-refractivity contribution is 6.28. The first-order valence-electron chi connectivity index (χ1n) is 3.98. The number of hydrogen-bond donors (Lipinski definition) is 1. The van der Waals surface area contributed by atoms with E-state index in [2.05, 4.69) is 4.99 Å². The van der Waals surface area contributed by atoms with Crippen LogP contribution in [0.3, 0.4) is 0 Å². The first-order valence-corrected chi connectivity index (χ1v) is 4.51. The van der Waals surface area contributed by atoms with Crippen LogP contribution in [0.2, 0.25) is 0 Å². The van der Waals surface area contributed by atoms with Gasteiger partial charge in [-0.25, -0.2) is 13.8 Å². The SMILES string of the molecule is NC(CCl)=Nc1c(F)cc(F)cc1[N+](=O)[O-]. The Kier molecular flexibility index (Phi) is 3.73. The second kappa shape index (κ2) is 4.84. The topological polar surface area (TPSA) is 81.5 Å². The van der Waals surface area contributed by atoms with Crippen molar-refractivity contribution in [3.8, 4) is 0 Å². The normalized spacial score (nSPS) is 11.6. The highest BCUT2D eigenvalue weighted by Crippen LogP contribution is 2.31. The molecule has 1 rings (SSSR count). The number of benzene rings is 1. The number of rotatable bonds is 3. The summed E-state index contributed by atoms with van der Waals surface area (Å²) in [5.41, 5.74) is 3.78. The molecule has 0 radical (unpaired) electrons. The summed E-state index contributed by atoms with van der Waals surface area (Å²) >= 11 is 5.30. The maximum Gasteiger partial charge on any atom is 0.300 e. The zero-order valence-electron chi connectivity index (χ0n) is 7.78. The van der Waals surface area contributed by atoms with Crippen molar-refractivity contribution >= 4 is 28.8 Å². The predicted octanol–water partition coefficient (Wildman–Crippen LogP) is 2.10. The number of alkyl halides is 1. The zero-order chi connectivity index (χ0) is 12.3. The second-order valence-corrected chi connectivity index (χ2v) is 3.02. The van der Waals surface area contributed by atoms with Gasteiger partial charge in [-0.05, 0) is 0 Å². The van der Waals surface area contributed by atoms with Crippen LogP contribution < -0.4 is 5.73 Å². The van der Waals surface area contributed by atoms with E-state index in [9.17, 15) is 18.9 Å². The largest absolute Gasteiger partial charge is 0.386 e. The molecule has 8 heteroatoms. The molecule has 0 aliphatic carbocycles. The lowest BCUT2D eigenvalue weighted by Crippen LogP contribution is -2.12. The Bertz CT molecular complexity index is 465. The molecule has 0 spiro atoms. The first-order chi connectivity index (χ1) is 7.45. The van der Waals surface area contributed by atoms with E-state index in [4.69, 9.17) is 17.3 Å². The standard InChI is InChI=1S/C8H6ClF2N3O2/c9-3-7(12)13-8-5(11)1-4(10)2-6(8)14(15)16/h1-2H,3H2,(H2,12,13). The van der Waals surface area contributed by atoms with Gasteiger partial charge in [0.05, 0.1) is 16.9 Å². The van der Waals surface area contributed by atoms with Crippen LogP contribution in [-0.2, 0) is 0 Å². The highest BCUT2D eigenvalue weighted by Gasteiger charge is 2.20. The summed E-state index contributed by atoms with van der Waals surface area (Å²) < 4.78 is 26.0. The first kappa shape index (κ1) is 12.3. The minimum atomic E-state index is -1.17. The average molecular weight is 250 g/mol. The number of amidine groups is 1. The number of nitrogens with two attached hydrogens (primary N) is 1. The molecule has 0 unspecified atom stereocenters. The molecule has 86 valence electrons. The Balaban J connectivity index is 3.41. The van der Waals surface area contributed by atoms with Crippen LogP contribution in [0.5, 0.6) is 0 Å². The van der Waals surface area contributed by atoms with Crippen LogP contribution in [0.4, 0.5) is 20.2 Å². The average Bonchev–Trinajstić information content (AvgIpc) is 2.20. The van der Waals surface area contributed by atoms with E-state index in [-0.39, 0.29) is 11.7 Å². The Morgan fingerprint density at radius 1 is 1.56 bits per heavy atom. The van der Waals surface area contributed by atoms with Crippen molar-refractivity contribution in [3.63, 3.8) is 0 Å². The van der Waals surface area contributed by atoms with Gasteiger partial charge in [0.1, 0.15) is 11.7 Å². The van der Waals surface area contributed by atoms with E-state index >= 15 is 0 Å². The third kappa shape index (κ3) is 2.63. The lowest BCUT2D eigenvalue weighted by molar-refractivity contribution is -0.384. The van der Waals surface area contributed by atoms with E-state index in [1.807, 2.05) is 0 Å². The number of nitro benzene ring substituents is 1. The molecule has 0 saturated carbocycles. The molecule has 0 fully saturated rings. The molecule has 0 heterocycles. The summed E-state index contributed by atoms with van der Waals surface area (Å²) in [4.78, 5) is 13.0. The lowest BCUT2D eigenvalue weighted by Gasteiger charge is -2.00. The number of hydrogen-bond acceptors (Lipinski definition) is 3. The quantitative estimate of drug-likeness (QED) is 0.293. The van der Waals surface area contributed by atoms with Crippen molar-refractivity contribution in [1.82, 2.24) is 0 Å². The maximum absolute atomic E-state index is 13.2. The Hall–Kier alpha value is -1.76. The molecule has 0 saturated heterocycles. The van der Waals surface area contributed by atoms with Gasteiger partial charge < -0.3 is 5.73 Å². The molecule has 1 aromatic carbocycles. The molecule has 0 aromatic heterocycles. The van der Waals surface area contributed by atoms with Crippen molar-refractivity contribution in [2.75, 3.05) is 5.88 Å². The predicted molar refractivity (Wildman–Crippen MR) is 55.0 cm³/mol. The fraction of sp³-hybridized carbons (Fsp3) is 0.125. The van der Waals surface area contributed by atoms with Crippen molar-refractivity contribution < 1.29 is 13.7 Å². The van der Waals surface area contributed by atoms with Crippen LogP contribution in [0.25, 0.3) is 0 Å². The number of nitrogens with zero attached hydrogens (tertiary/aromatic N) is 2. The lowest BCUT2D eigenvalue weighted by atomic mass is 10.2. The molecular formula is C8H6ClF2N3O2. The van der Waals surface area contributed by atoms with E-state index in [1.54, 1.807) is 0 Å². The minimum Gasteiger partial charge on any atom is -0.386 e. The molecule has 1 aromatic rings. The Morgan fingerprint density at radius 2 is 2.19 bits per heavy atom. The Morgan fingerprint density at radius 3 is 2.69 bits per heavy atom. The third-order valence-electron chi connectivity index (χ3n) is 1.60. The van der Waals surface area contributed by atoms with Gasteiger partial charge in [-0.3, -0.25) is 10.1 Å². The van der Waals surface area contributed by atoms with Crippen molar-refractivity contribution in [2.24, 2.45) is 10.7 Å². The van der Waals surface area contributed by atoms with Gasteiger partial charge >= 0.3 is 5.69 Å².